The molecular weight excluding hydrogens is 362 g/mol. The summed E-state index contributed by atoms with van der Waals surface area (Å²) in [4.78, 5) is 12.7. The largest absolute Gasteiger partial charge is 0.489 e. The van der Waals surface area contributed by atoms with Gasteiger partial charge in [-0.25, -0.2) is 0 Å². The Morgan fingerprint density at radius 3 is 2.66 bits per heavy atom. The van der Waals surface area contributed by atoms with Crippen LogP contribution in [0, 0.1) is 0 Å². The minimum absolute atomic E-state index is 0.107. The van der Waals surface area contributed by atoms with Gasteiger partial charge in [-0.05, 0) is 49.1 Å². The van der Waals surface area contributed by atoms with E-state index < -0.39 is 0 Å². The lowest BCUT2D eigenvalue weighted by atomic mass is 10.1. The van der Waals surface area contributed by atoms with Crippen molar-refractivity contribution in [2.45, 2.75) is 38.7 Å². The number of nitrogens with zero attached hydrogens (tertiary/aromatic N) is 1. The normalized spacial score (nSPS) is 13.8. The van der Waals surface area contributed by atoms with Gasteiger partial charge in [0.25, 0.3) is 5.56 Å². The molecule has 2 heterocycles. The van der Waals surface area contributed by atoms with Crippen LogP contribution >= 0.6 is 0 Å². The van der Waals surface area contributed by atoms with Crippen LogP contribution in [0.1, 0.15) is 36.1 Å². The van der Waals surface area contributed by atoms with Gasteiger partial charge in [0, 0.05) is 35.3 Å². The molecule has 0 amide bonds. The van der Waals surface area contributed by atoms with Gasteiger partial charge in [0.2, 0.25) is 0 Å². The van der Waals surface area contributed by atoms with Gasteiger partial charge in [0.15, 0.2) is 0 Å². The molecule has 0 saturated heterocycles. The van der Waals surface area contributed by atoms with E-state index in [4.69, 9.17) is 9.15 Å². The predicted octanol–water partition coefficient (Wildman–Crippen LogP) is 5.43. The summed E-state index contributed by atoms with van der Waals surface area (Å²) in [6.45, 7) is 0.442. The van der Waals surface area contributed by atoms with Gasteiger partial charge >= 0.3 is 0 Å². The second-order valence-corrected chi connectivity index (χ2v) is 7.59. The quantitative estimate of drug-likeness (QED) is 0.440. The standard InChI is InChI=1S/C25H23NO3/c27-25-16-20(28-17-18-7-3-1-4-8-18)13-14-26(25)19-11-12-24-22(15-19)21-9-5-2-6-10-23(21)29-24/h1,3-4,7-8,11-16H,2,5-6,9-10,17H2. The summed E-state index contributed by atoms with van der Waals surface area (Å²) in [6.07, 6.45) is 7.46. The summed E-state index contributed by atoms with van der Waals surface area (Å²) < 4.78 is 13.5. The fourth-order valence-electron chi connectivity index (χ4n) is 4.08. The van der Waals surface area contributed by atoms with Crippen LogP contribution < -0.4 is 10.3 Å². The van der Waals surface area contributed by atoms with E-state index in [9.17, 15) is 4.79 Å². The van der Waals surface area contributed by atoms with E-state index in [2.05, 4.69) is 6.07 Å². The van der Waals surface area contributed by atoms with E-state index in [-0.39, 0.29) is 5.56 Å². The summed E-state index contributed by atoms with van der Waals surface area (Å²) in [7, 11) is 0. The maximum Gasteiger partial charge on any atom is 0.258 e. The van der Waals surface area contributed by atoms with Gasteiger partial charge in [-0.1, -0.05) is 36.8 Å². The monoisotopic (exact) mass is 385 g/mol. The smallest absolute Gasteiger partial charge is 0.258 e. The average Bonchev–Trinajstić information content (AvgIpc) is 2.93. The number of ether oxygens (including phenoxy) is 1. The first-order valence-electron chi connectivity index (χ1n) is 10.2. The molecule has 0 N–H and O–H groups in total. The van der Waals surface area contributed by atoms with Gasteiger partial charge < -0.3 is 9.15 Å². The molecule has 4 nitrogen and oxygen atoms in total. The van der Waals surface area contributed by atoms with Crippen molar-refractivity contribution in [1.29, 1.82) is 0 Å². The first kappa shape index (κ1) is 17.8. The van der Waals surface area contributed by atoms with Gasteiger partial charge in [0.1, 0.15) is 23.7 Å². The van der Waals surface area contributed by atoms with Crippen LogP contribution in [0.2, 0.25) is 0 Å². The first-order valence-corrected chi connectivity index (χ1v) is 10.2. The number of aryl methyl sites for hydroxylation is 2. The van der Waals surface area contributed by atoms with E-state index in [1.54, 1.807) is 16.8 Å². The molecule has 2 aromatic carbocycles. The van der Waals surface area contributed by atoms with E-state index in [1.807, 2.05) is 48.5 Å². The van der Waals surface area contributed by atoms with Gasteiger partial charge in [-0.15, -0.1) is 0 Å². The van der Waals surface area contributed by atoms with Crippen LogP contribution in [0.15, 0.2) is 76.1 Å². The number of benzene rings is 2. The molecular formula is C25H23NO3. The van der Waals surface area contributed by atoms with Gasteiger partial charge in [-0.3, -0.25) is 9.36 Å². The molecule has 0 atom stereocenters. The highest BCUT2D eigenvalue weighted by molar-refractivity contribution is 5.84. The Morgan fingerprint density at radius 1 is 0.931 bits per heavy atom. The Hall–Kier alpha value is -3.27. The molecule has 0 fully saturated rings. The van der Waals surface area contributed by atoms with Crippen molar-refractivity contribution >= 4 is 11.0 Å². The van der Waals surface area contributed by atoms with Crippen LogP contribution in [0.25, 0.3) is 16.7 Å². The van der Waals surface area contributed by atoms with Crippen LogP contribution in [-0.2, 0) is 19.4 Å². The number of aromatic nitrogens is 1. The topological polar surface area (TPSA) is 44.4 Å². The summed E-state index contributed by atoms with van der Waals surface area (Å²) in [6, 6.07) is 19.3. The number of pyridine rings is 1. The minimum atomic E-state index is -0.107. The number of fused-ring (bicyclic) bond motifs is 3. The Kier molecular flexibility index (Phi) is 4.68. The van der Waals surface area contributed by atoms with Crippen molar-refractivity contribution < 1.29 is 9.15 Å². The molecule has 5 rings (SSSR count). The molecule has 0 bridgehead atoms. The first-order chi connectivity index (χ1) is 14.3. The second kappa shape index (κ2) is 7.63. The molecule has 146 valence electrons. The van der Waals surface area contributed by atoms with E-state index in [0.29, 0.717) is 12.4 Å². The van der Waals surface area contributed by atoms with Crippen LogP contribution in [0.3, 0.4) is 0 Å². The third-order valence-electron chi connectivity index (χ3n) is 5.61. The van der Waals surface area contributed by atoms with Crippen molar-refractivity contribution in [2.24, 2.45) is 0 Å². The maximum atomic E-state index is 12.7. The van der Waals surface area contributed by atoms with Crippen LogP contribution in [0.5, 0.6) is 5.75 Å². The highest BCUT2D eigenvalue weighted by atomic mass is 16.5. The molecule has 1 aliphatic rings. The molecule has 29 heavy (non-hydrogen) atoms. The molecule has 4 aromatic rings. The lowest BCUT2D eigenvalue weighted by Gasteiger charge is -2.09. The Morgan fingerprint density at radius 2 is 1.79 bits per heavy atom. The summed E-state index contributed by atoms with van der Waals surface area (Å²) in [5, 5.41) is 1.13. The van der Waals surface area contributed by atoms with Crippen molar-refractivity contribution in [2.75, 3.05) is 0 Å². The van der Waals surface area contributed by atoms with Crippen molar-refractivity contribution in [3.8, 4) is 11.4 Å². The number of hydrogen-bond donors (Lipinski definition) is 0. The summed E-state index contributed by atoms with van der Waals surface area (Å²) >= 11 is 0. The molecule has 1 aliphatic carbocycles. The lowest BCUT2D eigenvalue weighted by Crippen LogP contribution is -2.16. The number of hydrogen-bond acceptors (Lipinski definition) is 3. The third-order valence-corrected chi connectivity index (χ3v) is 5.61. The summed E-state index contributed by atoms with van der Waals surface area (Å²) in [5.41, 5.74) is 4.05. The molecule has 2 aromatic heterocycles. The maximum absolute atomic E-state index is 12.7. The molecule has 4 heteroatoms. The predicted molar refractivity (Wildman–Crippen MR) is 114 cm³/mol. The Bertz CT molecular complexity index is 1200. The van der Waals surface area contributed by atoms with E-state index >= 15 is 0 Å². The zero-order valence-corrected chi connectivity index (χ0v) is 16.3. The van der Waals surface area contributed by atoms with Gasteiger partial charge in [0.05, 0.1) is 0 Å². The fraction of sp³-hybridized carbons (Fsp3) is 0.240. The van der Waals surface area contributed by atoms with Crippen molar-refractivity contribution in [3.05, 3.63) is 94.1 Å². The van der Waals surface area contributed by atoms with Crippen molar-refractivity contribution in [3.63, 3.8) is 0 Å². The third kappa shape index (κ3) is 3.58. The molecule has 0 aliphatic heterocycles. The zero-order valence-electron chi connectivity index (χ0n) is 16.3. The highest BCUT2D eigenvalue weighted by Crippen LogP contribution is 2.32. The molecule has 0 radical (unpaired) electrons. The lowest BCUT2D eigenvalue weighted by molar-refractivity contribution is 0.305. The van der Waals surface area contributed by atoms with Crippen LogP contribution in [-0.4, -0.2) is 4.57 Å². The molecule has 0 unspecified atom stereocenters. The second-order valence-electron chi connectivity index (χ2n) is 7.59. The van der Waals surface area contributed by atoms with E-state index in [0.717, 1.165) is 40.8 Å². The number of furan rings is 1. The zero-order chi connectivity index (χ0) is 19.6. The Labute approximate surface area is 169 Å². The highest BCUT2D eigenvalue weighted by Gasteiger charge is 2.17. The number of rotatable bonds is 4. The molecule has 0 spiro atoms. The minimum Gasteiger partial charge on any atom is -0.489 e. The molecule has 0 saturated carbocycles. The fourth-order valence-corrected chi connectivity index (χ4v) is 4.08. The van der Waals surface area contributed by atoms with E-state index in [1.165, 1.54) is 24.8 Å². The Balaban J connectivity index is 1.43. The van der Waals surface area contributed by atoms with Crippen molar-refractivity contribution in [1.82, 2.24) is 4.57 Å². The SMILES string of the molecule is O=c1cc(OCc2ccccc2)ccn1-c1ccc2oc3c(c2c1)CCCCC3. The van der Waals surface area contributed by atoms with Gasteiger partial charge in [-0.2, -0.15) is 0 Å². The average molecular weight is 385 g/mol. The van der Waals surface area contributed by atoms with Crippen LogP contribution in [0.4, 0.5) is 0 Å². The summed E-state index contributed by atoms with van der Waals surface area (Å²) in [5.74, 6) is 1.69.